The van der Waals surface area contributed by atoms with Crippen molar-refractivity contribution in [3.05, 3.63) is 47.5 Å². The van der Waals surface area contributed by atoms with E-state index in [0.717, 1.165) is 11.4 Å². The number of hydrogen-bond donors (Lipinski definition) is 1. The monoisotopic (exact) mass is 348 g/mol. The number of aryl methyl sites for hydroxylation is 2. The molecule has 2 heterocycles. The lowest BCUT2D eigenvalue weighted by Gasteiger charge is -2.07. The van der Waals surface area contributed by atoms with Crippen molar-refractivity contribution < 1.29 is 9.13 Å². The Hall–Kier alpha value is -2.55. The Morgan fingerprint density at radius 3 is 2.75 bits per heavy atom. The van der Waals surface area contributed by atoms with Gasteiger partial charge in [0.15, 0.2) is 11.6 Å². The number of nitrogens with zero attached hydrogens (tertiary/aromatic N) is 5. The molecular formula is C15H17FN6OS. The summed E-state index contributed by atoms with van der Waals surface area (Å²) in [7, 11) is 0. The summed E-state index contributed by atoms with van der Waals surface area (Å²) >= 11 is 1.38. The van der Waals surface area contributed by atoms with Gasteiger partial charge in [0, 0.05) is 11.4 Å². The molecule has 0 bridgehead atoms. The maximum Gasteiger partial charge on any atom is 0.271 e. The molecule has 126 valence electrons. The molecule has 0 atom stereocenters. The van der Waals surface area contributed by atoms with Crippen molar-refractivity contribution in [2.45, 2.75) is 19.0 Å². The number of nitrogen functional groups attached to an aromatic ring is 1. The summed E-state index contributed by atoms with van der Waals surface area (Å²) < 4.78 is 21.9. The lowest BCUT2D eigenvalue weighted by atomic mass is 10.3. The Morgan fingerprint density at radius 2 is 2.04 bits per heavy atom. The average molecular weight is 348 g/mol. The van der Waals surface area contributed by atoms with Crippen LogP contribution in [-0.4, -0.2) is 37.0 Å². The predicted octanol–water partition coefficient (Wildman–Crippen LogP) is 2.10. The first-order chi connectivity index (χ1) is 11.6. The molecule has 0 radical (unpaired) electrons. The average Bonchev–Trinajstić information content (AvgIpc) is 3.07. The summed E-state index contributed by atoms with van der Waals surface area (Å²) in [5.41, 5.74) is 1.80. The van der Waals surface area contributed by atoms with Gasteiger partial charge in [0.1, 0.15) is 0 Å². The zero-order chi connectivity index (χ0) is 17.1. The van der Waals surface area contributed by atoms with Crippen LogP contribution in [0, 0.1) is 19.7 Å². The molecule has 0 saturated heterocycles. The third-order valence-electron chi connectivity index (χ3n) is 3.25. The zero-order valence-corrected chi connectivity index (χ0v) is 14.1. The van der Waals surface area contributed by atoms with E-state index in [1.165, 1.54) is 22.5 Å². The molecule has 3 aromatic rings. The Kier molecular flexibility index (Phi) is 4.70. The molecule has 0 saturated carbocycles. The SMILES string of the molecule is Cc1cc(C)n(-c2nnc(SCCOc3ccccc3F)n2N)n1. The molecule has 0 amide bonds. The van der Waals surface area contributed by atoms with Gasteiger partial charge in [-0.15, -0.1) is 10.2 Å². The predicted molar refractivity (Wildman–Crippen MR) is 89.4 cm³/mol. The van der Waals surface area contributed by atoms with Gasteiger partial charge in [-0.25, -0.2) is 13.7 Å². The van der Waals surface area contributed by atoms with Crippen LogP contribution in [0.4, 0.5) is 4.39 Å². The van der Waals surface area contributed by atoms with Gasteiger partial charge in [-0.3, -0.25) is 0 Å². The Morgan fingerprint density at radius 1 is 1.25 bits per heavy atom. The first kappa shape index (κ1) is 16.3. The van der Waals surface area contributed by atoms with Crippen LogP contribution < -0.4 is 10.6 Å². The molecule has 0 aliphatic carbocycles. The molecule has 1 aromatic carbocycles. The first-order valence-corrected chi connectivity index (χ1v) is 8.29. The number of para-hydroxylation sites is 1. The fraction of sp³-hybridized carbons (Fsp3) is 0.267. The maximum atomic E-state index is 13.4. The van der Waals surface area contributed by atoms with Gasteiger partial charge in [-0.2, -0.15) is 5.10 Å². The van der Waals surface area contributed by atoms with E-state index in [4.69, 9.17) is 10.6 Å². The molecule has 9 heteroatoms. The minimum absolute atomic E-state index is 0.232. The van der Waals surface area contributed by atoms with Crippen molar-refractivity contribution in [3.63, 3.8) is 0 Å². The van der Waals surface area contributed by atoms with Crippen LogP contribution in [0.1, 0.15) is 11.4 Å². The van der Waals surface area contributed by atoms with Crippen LogP contribution in [0.15, 0.2) is 35.5 Å². The molecule has 0 aliphatic heterocycles. The van der Waals surface area contributed by atoms with Gasteiger partial charge < -0.3 is 10.6 Å². The number of hydrogen-bond acceptors (Lipinski definition) is 6. The third kappa shape index (κ3) is 3.35. The zero-order valence-electron chi connectivity index (χ0n) is 13.3. The fourth-order valence-corrected chi connectivity index (χ4v) is 2.86. The number of nitrogens with two attached hydrogens (primary N) is 1. The largest absolute Gasteiger partial charge is 0.490 e. The van der Waals surface area contributed by atoms with Crippen LogP contribution in [0.2, 0.25) is 0 Å². The van der Waals surface area contributed by atoms with E-state index >= 15 is 0 Å². The standard InChI is InChI=1S/C15H17FN6OS/c1-10-9-11(2)22(20-10)14-18-19-15(21(14)17)24-8-7-23-13-6-4-3-5-12(13)16/h3-6,9H,7-8,17H2,1-2H3. The molecule has 0 spiro atoms. The summed E-state index contributed by atoms with van der Waals surface area (Å²) in [6, 6.07) is 8.23. The highest BCUT2D eigenvalue weighted by atomic mass is 32.2. The van der Waals surface area contributed by atoms with Crippen molar-refractivity contribution >= 4 is 11.8 Å². The molecule has 0 unspecified atom stereocenters. The normalized spacial score (nSPS) is 11.0. The van der Waals surface area contributed by atoms with Crippen LogP contribution in [0.3, 0.4) is 0 Å². The molecule has 3 rings (SSSR count). The number of halogens is 1. The topological polar surface area (TPSA) is 83.8 Å². The first-order valence-electron chi connectivity index (χ1n) is 7.30. The number of aromatic nitrogens is 5. The van der Waals surface area contributed by atoms with Crippen molar-refractivity contribution in [2.75, 3.05) is 18.2 Å². The van der Waals surface area contributed by atoms with E-state index < -0.39 is 0 Å². The van der Waals surface area contributed by atoms with E-state index in [0.29, 0.717) is 23.5 Å². The van der Waals surface area contributed by atoms with Gasteiger partial charge in [-0.05, 0) is 32.0 Å². The van der Waals surface area contributed by atoms with E-state index in [1.54, 1.807) is 22.9 Å². The number of benzene rings is 1. The van der Waals surface area contributed by atoms with E-state index in [1.807, 2.05) is 19.9 Å². The molecule has 0 fully saturated rings. The highest BCUT2D eigenvalue weighted by molar-refractivity contribution is 7.99. The van der Waals surface area contributed by atoms with Gasteiger partial charge in [-0.1, -0.05) is 23.9 Å². The maximum absolute atomic E-state index is 13.4. The van der Waals surface area contributed by atoms with E-state index in [2.05, 4.69) is 15.3 Å². The molecule has 2 aromatic heterocycles. The quantitative estimate of drug-likeness (QED) is 0.417. The summed E-state index contributed by atoms with van der Waals surface area (Å²) in [5.74, 6) is 6.89. The summed E-state index contributed by atoms with van der Waals surface area (Å²) in [4.78, 5) is 0. The van der Waals surface area contributed by atoms with Gasteiger partial charge in [0.2, 0.25) is 5.16 Å². The summed E-state index contributed by atoms with van der Waals surface area (Å²) in [5, 5.41) is 13.0. The number of ether oxygens (including phenoxy) is 1. The van der Waals surface area contributed by atoms with Crippen molar-refractivity contribution in [1.82, 2.24) is 24.7 Å². The van der Waals surface area contributed by atoms with Crippen LogP contribution in [0.5, 0.6) is 5.75 Å². The summed E-state index contributed by atoms with van der Waals surface area (Å²) in [6.07, 6.45) is 0. The second kappa shape index (κ2) is 6.91. The molecular weight excluding hydrogens is 331 g/mol. The lowest BCUT2D eigenvalue weighted by Crippen LogP contribution is -2.17. The minimum Gasteiger partial charge on any atom is -0.490 e. The lowest BCUT2D eigenvalue weighted by molar-refractivity contribution is 0.325. The smallest absolute Gasteiger partial charge is 0.271 e. The fourth-order valence-electron chi connectivity index (χ4n) is 2.19. The van der Waals surface area contributed by atoms with Crippen molar-refractivity contribution in [3.8, 4) is 11.7 Å². The second-order valence-electron chi connectivity index (χ2n) is 5.12. The van der Waals surface area contributed by atoms with Crippen LogP contribution in [0.25, 0.3) is 5.95 Å². The Balaban J connectivity index is 1.61. The van der Waals surface area contributed by atoms with Gasteiger partial charge >= 0.3 is 0 Å². The van der Waals surface area contributed by atoms with Crippen LogP contribution in [-0.2, 0) is 0 Å². The minimum atomic E-state index is -0.378. The highest BCUT2D eigenvalue weighted by Crippen LogP contribution is 2.19. The third-order valence-corrected chi connectivity index (χ3v) is 4.16. The number of rotatable bonds is 6. The van der Waals surface area contributed by atoms with E-state index in [9.17, 15) is 4.39 Å². The van der Waals surface area contributed by atoms with Crippen molar-refractivity contribution in [2.24, 2.45) is 0 Å². The number of thioether (sulfide) groups is 1. The summed E-state index contributed by atoms with van der Waals surface area (Å²) in [6.45, 7) is 4.15. The Labute approximate surface area is 142 Å². The highest BCUT2D eigenvalue weighted by Gasteiger charge is 2.14. The van der Waals surface area contributed by atoms with Gasteiger partial charge in [0.25, 0.3) is 5.95 Å². The van der Waals surface area contributed by atoms with Crippen LogP contribution >= 0.6 is 11.8 Å². The van der Waals surface area contributed by atoms with Crippen molar-refractivity contribution in [1.29, 1.82) is 0 Å². The second-order valence-corrected chi connectivity index (χ2v) is 6.18. The molecule has 2 N–H and O–H groups in total. The van der Waals surface area contributed by atoms with Gasteiger partial charge in [0.05, 0.1) is 12.3 Å². The Bertz CT molecular complexity index is 846. The molecule has 24 heavy (non-hydrogen) atoms. The molecule has 7 nitrogen and oxygen atoms in total. The molecule has 0 aliphatic rings. The van der Waals surface area contributed by atoms with E-state index in [-0.39, 0.29) is 11.6 Å².